The van der Waals surface area contributed by atoms with Crippen LogP contribution >= 0.6 is 0 Å². The monoisotopic (exact) mass is 580 g/mol. The summed E-state index contributed by atoms with van der Waals surface area (Å²) in [5.74, 6) is -5.60. The zero-order valence-corrected chi connectivity index (χ0v) is 25.1. The van der Waals surface area contributed by atoms with E-state index < -0.39 is 83.0 Å². The van der Waals surface area contributed by atoms with E-state index >= 15 is 0 Å². The molecule has 11 heteroatoms. The predicted octanol–water partition coefficient (Wildman–Crippen LogP) is 2.87. The number of unbranched alkanes of at least 4 members (excludes halogenated alkanes) is 4. The molecule has 2 aliphatic carbocycles. The van der Waals surface area contributed by atoms with Crippen LogP contribution in [-0.2, 0) is 42.9 Å². The van der Waals surface area contributed by atoms with Crippen LogP contribution in [0.2, 0.25) is 0 Å². The molecule has 230 valence electrons. The van der Waals surface area contributed by atoms with Gasteiger partial charge in [0.25, 0.3) is 0 Å². The van der Waals surface area contributed by atoms with Gasteiger partial charge in [-0.2, -0.15) is 0 Å². The third-order valence-electron chi connectivity index (χ3n) is 8.92. The molecule has 0 spiro atoms. The molecule has 41 heavy (non-hydrogen) atoms. The number of hydrogen-bond acceptors (Lipinski definition) is 11. The number of esters is 4. The van der Waals surface area contributed by atoms with Crippen molar-refractivity contribution in [2.45, 2.75) is 135 Å². The highest BCUT2D eigenvalue weighted by Gasteiger charge is 2.75. The minimum Gasteiger partial charge on any atom is -0.459 e. The molecule has 0 unspecified atom stereocenters. The first kappa shape index (κ1) is 32.7. The zero-order chi connectivity index (χ0) is 30.9. The van der Waals surface area contributed by atoms with Gasteiger partial charge >= 0.3 is 23.9 Å². The molecule has 0 radical (unpaired) electrons. The molecule has 11 nitrogen and oxygen atoms in total. The minimum atomic E-state index is -2.56. The molecular weight excluding hydrogens is 536 g/mol. The van der Waals surface area contributed by atoms with Crippen molar-refractivity contribution >= 4 is 29.7 Å². The van der Waals surface area contributed by atoms with Crippen LogP contribution in [0.3, 0.4) is 0 Å². The predicted molar refractivity (Wildman–Crippen MR) is 144 cm³/mol. The fraction of sp³-hybridized carbons (Fsp3) is 0.767. The topological polar surface area (TPSA) is 163 Å². The number of aliphatic hydroxyl groups is 2. The van der Waals surface area contributed by atoms with Gasteiger partial charge in [-0.3, -0.25) is 19.2 Å². The Labute approximate surface area is 240 Å². The first-order valence-electron chi connectivity index (χ1n) is 14.6. The van der Waals surface area contributed by atoms with E-state index in [4.69, 9.17) is 18.9 Å². The van der Waals surface area contributed by atoms with Crippen molar-refractivity contribution in [3.8, 4) is 0 Å². The molecule has 1 saturated heterocycles. The van der Waals surface area contributed by atoms with Gasteiger partial charge in [-0.05, 0) is 44.8 Å². The highest BCUT2D eigenvalue weighted by atomic mass is 16.6. The van der Waals surface area contributed by atoms with Gasteiger partial charge in [0, 0.05) is 19.8 Å². The van der Waals surface area contributed by atoms with E-state index in [0.29, 0.717) is 12.8 Å². The van der Waals surface area contributed by atoms with E-state index in [9.17, 15) is 34.2 Å². The molecule has 8 atom stereocenters. The van der Waals surface area contributed by atoms with Crippen LogP contribution in [0, 0.1) is 11.8 Å². The Morgan fingerprint density at radius 2 is 1.68 bits per heavy atom. The SMILES string of the molecule is CCCCCCCC(=O)O[C@@H]1C(=O)C(C)=C2[C@H]1[C@@](C)(OC(C)=O)C[C@H](OC(=O)[C@@H](C)CC)[C@@]1(O)[C@H]2OC(=O)[C@@]1(C)O. The van der Waals surface area contributed by atoms with Crippen molar-refractivity contribution in [1.82, 2.24) is 0 Å². The maximum Gasteiger partial charge on any atom is 0.341 e. The van der Waals surface area contributed by atoms with Crippen LogP contribution in [0.5, 0.6) is 0 Å². The van der Waals surface area contributed by atoms with Crippen LogP contribution in [-0.4, -0.2) is 75.0 Å². The highest BCUT2D eigenvalue weighted by molar-refractivity contribution is 6.04. The second-order valence-corrected chi connectivity index (χ2v) is 12.0. The quantitative estimate of drug-likeness (QED) is 0.210. The summed E-state index contributed by atoms with van der Waals surface area (Å²) < 4.78 is 22.8. The summed E-state index contributed by atoms with van der Waals surface area (Å²) in [5, 5.41) is 23.5. The summed E-state index contributed by atoms with van der Waals surface area (Å²) in [5.41, 5.74) is -6.71. The second kappa shape index (κ2) is 12.2. The minimum absolute atomic E-state index is 0.0388. The van der Waals surface area contributed by atoms with E-state index in [1.54, 1.807) is 13.8 Å². The number of ether oxygens (including phenoxy) is 4. The molecule has 3 rings (SSSR count). The fourth-order valence-electron chi connectivity index (χ4n) is 6.26. The smallest absolute Gasteiger partial charge is 0.341 e. The molecule has 0 bridgehead atoms. The summed E-state index contributed by atoms with van der Waals surface area (Å²) in [6.45, 7) is 10.6. The van der Waals surface area contributed by atoms with Crippen molar-refractivity contribution in [1.29, 1.82) is 0 Å². The Kier molecular flexibility index (Phi) is 9.75. The molecule has 1 heterocycles. The van der Waals surface area contributed by atoms with Gasteiger partial charge in [0.2, 0.25) is 0 Å². The lowest BCUT2D eigenvalue weighted by Crippen LogP contribution is -2.64. The van der Waals surface area contributed by atoms with Crippen LogP contribution in [0.15, 0.2) is 11.1 Å². The standard InChI is InChI=1S/C30H44O11/c1-8-10-11-12-13-14-20(32)39-24-22-21(17(4)23(24)33)25-30(37,29(7,36)27(35)40-25)19(38-26(34)16(3)9-2)15-28(22,6)41-18(5)31/h16,19,22,24-25,36-37H,8-15H2,1-7H3/t16-,19-,22+,24-,25-,28-,29+,30+/m0/s1. The summed E-state index contributed by atoms with van der Waals surface area (Å²) in [7, 11) is 0. The van der Waals surface area contributed by atoms with Gasteiger partial charge in [-0.25, -0.2) is 4.79 Å². The number of Topliss-reactive ketones (excluding diaryl/α,β-unsaturated/α-hetero) is 1. The van der Waals surface area contributed by atoms with Gasteiger partial charge in [-0.15, -0.1) is 0 Å². The van der Waals surface area contributed by atoms with Crippen molar-refractivity contribution < 1.29 is 53.1 Å². The average Bonchev–Trinajstić information content (AvgIpc) is 3.21. The third-order valence-corrected chi connectivity index (χ3v) is 8.92. The van der Waals surface area contributed by atoms with E-state index in [1.807, 2.05) is 0 Å². The molecule has 0 aromatic carbocycles. The van der Waals surface area contributed by atoms with Crippen LogP contribution in [0.4, 0.5) is 0 Å². The number of hydrogen-bond donors (Lipinski definition) is 2. The van der Waals surface area contributed by atoms with Crippen LogP contribution in [0.1, 0.15) is 99.8 Å². The van der Waals surface area contributed by atoms with Crippen molar-refractivity contribution in [3.05, 3.63) is 11.1 Å². The van der Waals surface area contributed by atoms with Crippen LogP contribution in [0.25, 0.3) is 0 Å². The number of rotatable bonds is 11. The average molecular weight is 581 g/mol. The molecule has 0 aromatic heterocycles. The van der Waals surface area contributed by atoms with E-state index in [0.717, 1.165) is 39.5 Å². The van der Waals surface area contributed by atoms with Gasteiger partial charge in [0.05, 0.1) is 11.8 Å². The van der Waals surface area contributed by atoms with Crippen molar-refractivity contribution in [2.75, 3.05) is 0 Å². The number of carbonyl (C=O) groups excluding carboxylic acids is 5. The molecule has 0 aromatic rings. The maximum absolute atomic E-state index is 13.6. The van der Waals surface area contributed by atoms with Crippen LogP contribution < -0.4 is 0 Å². The summed E-state index contributed by atoms with van der Waals surface area (Å²) >= 11 is 0. The summed E-state index contributed by atoms with van der Waals surface area (Å²) in [6.07, 6.45) is -0.187. The van der Waals surface area contributed by atoms with Gasteiger partial charge < -0.3 is 29.2 Å². The molecule has 1 aliphatic heterocycles. The Balaban J connectivity index is 2.11. The maximum atomic E-state index is 13.6. The van der Waals surface area contributed by atoms with Gasteiger partial charge in [0.15, 0.2) is 29.2 Å². The van der Waals surface area contributed by atoms with E-state index in [-0.39, 0.29) is 17.6 Å². The number of carbonyl (C=O) groups is 5. The Hall–Kier alpha value is -2.79. The van der Waals surface area contributed by atoms with Gasteiger partial charge in [0.1, 0.15) is 11.7 Å². The number of fused-ring (bicyclic) bond motifs is 3. The lowest BCUT2D eigenvalue weighted by atomic mass is 9.75. The first-order chi connectivity index (χ1) is 19.1. The highest BCUT2D eigenvalue weighted by Crippen LogP contribution is 2.56. The second-order valence-electron chi connectivity index (χ2n) is 12.0. The van der Waals surface area contributed by atoms with Gasteiger partial charge in [-0.1, -0.05) is 46.5 Å². The first-order valence-corrected chi connectivity index (χ1v) is 14.6. The van der Waals surface area contributed by atoms with E-state index in [2.05, 4.69) is 6.92 Å². The Morgan fingerprint density at radius 1 is 1.05 bits per heavy atom. The largest absolute Gasteiger partial charge is 0.459 e. The zero-order valence-electron chi connectivity index (χ0n) is 25.1. The fourth-order valence-corrected chi connectivity index (χ4v) is 6.26. The molecule has 1 saturated carbocycles. The molecule has 0 amide bonds. The molecule has 2 fully saturated rings. The summed E-state index contributed by atoms with van der Waals surface area (Å²) in [6, 6.07) is 0. The third kappa shape index (κ3) is 5.80. The Bertz CT molecular complexity index is 1110. The van der Waals surface area contributed by atoms with Crippen molar-refractivity contribution in [3.63, 3.8) is 0 Å². The number of ketones is 1. The lowest BCUT2D eigenvalue weighted by Gasteiger charge is -2.41. The normalized spacial score (nSPS) is 35.2. The molecule has 2 N–H and O–H groups in total. The van der Waals surface area contributed by atoms with E-state index in [1.165, 1.54) is 13.8 Å². The summed E-state index contributed by atoms with van der Waals surface area (Å²) in [4.78, 5) is 64.8. The Morgan fingerprint density at radius 3 is 2.27 bits per heavy atom. The lowest BCUT2D eigenvalue weighted by molar-refractivity contribution is -0.213. The molecular formula is C30H44O11. The van der Waals surface area contributed by atoms with Crippen molar-refractivity contribution in [2.24, 2.45) is 11.8 Å². The molecule has 3 aliphatic rings.